The fraction of sp³-hybridized carbons (Fsp3) is 0.312. The van der Waals surface area contributed by atoms with Crippen molar-refractivity contribution in [2.45, 2.75) is 6.42 Å². The molecule has 1 unspecified atom stereocenters. The van der Waals surface area contributed by atoms with E-state index in [0.29, 0.717) is 24.3 Å². The number of likely N-dealkylation sites (tertiary alicyclic amines) is 1. The third-order valence-corrected chi connectivity index (χ3v) is 3.94. The summed E-state index contributed by atoms with van der Waals surface area (Å²) in [4.78, 5) is 13.9. The fourth-order valence-electron chi connectivity index (χ4n) is 2.63. The Morgan fingerprint density at radius 1 is 1.42 bits per heavy atom. The number of carbonyl (C=O) groups excluding carboxylic acids is 1. The molecule has 8 heteroatoms. The first-order valence-electron chi connectivity index (χ1n) is 7.55. The summed E-state index contributed by atoms with van der Waals surface area (Å²) in [6, 6.07) is 8.96. The summed E-state index contributed by atoms with van der Waals surface area (Å²) >= 11 is 0. The molecule has 1 aliphatic heterocycles. The van der Waals surface area contributed by atoms with E-state index in [9.17, 15) is 4.79 Å². The number of carbonyl (C=O) groups is 1. The molecule has 1 atom stereocenters. The molecule has 2 aromatic rings. The van der Waals surface area contributed by atoms with Crippen molar-refractivity contribution in [3.8, 4) is 17.9 Å². The molecule has 1 fully saturated rings. The molecule has 0 bridgehead atoms. The smallest absolute Gasteiger partial charge is 0.273 e. The van der Waals surface area contributed by atoms with Crippen molar-refractivity contribution in [1.82, 2.24) is 25.2 Å². The standard InChI is InChI=1S/C16H15N7O/c17-7-12-2-1-3-14(6-12)23-10-15(20-21-23)16(24)19-8-13-4-5-22(9-13)11-18/h1-3,6,10,13H,4-5,8-9H2,(H,19,24). The summed E-state index contributed by atoms with van der Waals surface area (Å²) in [5, 5.41) is 28.4. The van der Waals surface area contributed by atoms with Crippen LogP contribution in [0.4, 0.5) is 0 Å². The first-order chi connectivity index (χ1) is 11.7. The van der Waals surface area contributed by atoms with E-state index in [1.165, 1.54) is 10.9 Å². The van der Waals surface area contributed by atoms with Crippen LogP contribution < -0.4 is 5.32 Å². The maximum atomic E-state index is 12.2. The molecule has 1 aromatic heterocycles. The molecule has 1 amide bonds. The van der Waals surface area contributed by atoms with Crippen molar-refractivity contribution in [2.24, 2.45) is 5.92 Å². The van der Waals surface area contributed by atoms with Gasteiger partial charge in [0, 0.05) is 19.6 Å². The Balaban J connectivity index is 1.62. The second-order valence-electron chi connectivity index (χ2n) is 5.62. The molecule has 120 valence electrons. The van der Waals surface area contributed by atoms with Crippen LogP contribution in [0.25, 0.3) is 5.69 Å². The van der Waals surface area contributed by atoms with E-state index in [4.69, 9.17) is 10.5 Å². The third-order valence-electron chi connectivity index (χ3n) is 3.94. The van der Waals surface area contributed by atoms with Crippen molar-refractivity contribution in [2.75, 3.05) is 19.6 Å². The number of benzene rings is 1. The van der Waals surface area contributed by atoms with Gasteiger partial charge in [0.05, 0.1) is 23.5 Å². The molecule has 0 radical (unpaired) electrons. The van der Waals surface area contributed by atoms with Crippen LogP contribution in [0.3, 0.4) is 0 Å². The minimum absolute atomic E-state index is 0.215. The molecule has 0 aliphatic carbocycles. The summed E-state index contributed by atoms with van der Waals surface area (Å²) in [5.41, 5.74) is 1.39. The molecule has 0 spiro atoms. The number of nitriles is 2. The second-order valence-corrected chi connectivity index (χ2v) is 5.62. The SMILES string of the molecule is N#Cc1cccc(-n2cc(C(=O)NCC3CCN(C#N)C3)nn2)c1. The predicted molar refractivity (Wildman–Crippen MR) is 83.7 cm³/mol. The Hall–Kier alpha value is -3.39. The third kappa shape index (κ3) is 3.33. The van der Waals surface area contributed by atoms with E-state index < -0.39 is 0 Å². The van der Waals surface area contributed by atoms with Crippen LogP contribution in [0.2, 0.25) is 0 Å². The van der Waals surface area contributed by atoms with Crippen molar-refractivity contribution < 1.29 is 4.79 Å². The number of amides is 1. The van der Waals surface area contributed by atoms with Gasteiger partial charge in [-0.2, -0.15) is 10.5 Å². The minimum Gasteiger partial charge on any atom is -0.350 e. The topological polar surface area (TPSA) is 111 Å². The van der Waals surface area contributed by atoms with Crippen LogP contribution in [0.1, 0.15) is 22.5 Å². The first kappa shape index (κ1) is 15.5. The largest absolute Gasteiger partial charge is 0.350 e. The van der Waals surface area contributed by atoms with E-state index in [2.05, 4.69) is 27.9 Å². The van der Waals surface area contributed by atoms with Gasteiger partial charge in [-0.25, -0.2) is 4.68 Å². The summed E-state index contributed by atoms with van der Waals surface area (Å²) in [5.74, 6) is -0.0240. The van der Waals surface area contributed by atoms with Gasteiger partial charge in [0.25, 0.3) is 5.91 Å². The van der Waals surface area contributed by atoms with E-state index in [0.717, 1.165) is 13.0 Å². The lowest BCUT2D eigenvalue weighted by Gasteiger charge is -2.09. The molecule has 1 N–H and O–H groups in total. The lowest BCUT2D eigenvalue weighted by molar-refractivity contribution is 0.0942. The van der Waals surface area contributed by atoms with Crippen LogP contribution in [0.15, 0.2) is 30.5 Å². The summed E-state index contributed by atoms with van der Waals surface area (Å²) in [7, 11) is 0. The Labute approximate surface area is 138 Å². The molecule has 1 aliphatic rings. The molecule has 0 saturated carbocycles. The van der Waals surface area contributed by atoms with E-state index in [1.54, 1.807) is 29.2 Å². The van der Waals surface area contributed by atoms with Crippen LogP contribution in [-0.4, -0.2) is 45.4 Å². The first-order valence-corrected chi connectivity index (χ1v) is 7.55. The van der Waals surface area contributed by atoms with Gasteiger partial charge in [0.1, 0.15) is 0 Å². The van der Waals surface area contributed by atoms with Crippen molar-refractivity contribution in [3.05, 3.63) is 41.7 Å². The maximum absolute atomic E-state index is 12.2. The van der Waals surface area contributed by atoms with Gasteiger partial charge in [0.15, 0.2) is 11.9 Å². The molecule has 1 saturated heterocycles. The number of hydrogen-bond donors (Lipinski definition) is 1. The number of hydrogen-bond acceptors (Lipinski definition) is 6. The lowest BCUT2D eigenvalue weighted by atomic mass is 10.1. The van der Waals surface area contributed by atoms with Crippen LogP contribution in [0.5, 0.6) is 0 Å². The summed E-state index contributed by atoms with van der Waals surface area (Å²) < 4.78 is 1.46. The van der Waals surface area contributed by atoms with Crippen LogP contribution in [0, 0.1) is 28.7 Å². The Bertz CT molecular complexity index is 829. The Morgan fingerprint density at radius 2 is 2.29 bits per heavy atom. The van der Waals surface area contributed by atoms with Crippen molar-refractivity contribution in [1.29, 1.82) is 10.5 Å². The zero-order valence-corrected chi connectivity index (χ0v) is 12.9. The maximum Gasteiger partial charge on any atom is 0.273 e. The van der Waals surface area contributed by atoms with Crippen LogP contribution >= 0.6 is 0 Å². The van der Waals surface area contributed by atoms with Gasteiger partial charge in [-0.05, 0) is 30.5 Å². The van der Waals surface area contributed by atoms with Crippen molar-refractivity contribution in [3.63, 3.8) is 0 Å². The van der Waals surface area contributed by atoms with Gasteiger partial charge < -0.3 is 10.2 Å². The highest BCUT2D eigenvalue weighted by Crippen LogP contribution is 2.14. The fourth-order valence-corrected chi connectivity index (χ4v) is 2.63. The molecule has 2 heterocycles. The highest BCUT2D eigenvalue weighted by atomic mass is 16.2. The van der Waals surface area contributed by atoms with Crippen LogP contribution in [-0.2, 0) is 0 Å². The number of aromatic nitrogens is 3. The zero-order chi connectivity index (χ0) is 16.9. The molecular formula is C16H15N7O. The average molecular weight is 321 g/mol. The molecule has 3 rings (SSSR count). The van der Waals surface area contributed by atoms with E-state index >= 15 is 0 Å². The summed E-state index contributed by atoms with van der Waals surface area (Å²) in [6.45, 7) is 1.92. The van der Waals surface area contributed by atoms with Gasteiger partial charge in [-0.3, -0.25) is 4.79 Å². The molecule has 1 aromatic carbocycles. The second kappa shape index (κ2) is 6.80. The predicted octanol–water partition coefficient (Wildman–Crippen LogP) is 0.672. The zero-order valence-electron chi connectivity index (χ0n) is 12.9. The molecule has 24 heavy (non-hydrogen) atoms. The van der Waals surface area contributed by atoms with Gasteiger partial charge in [-0.1, -0.05) is 11.3 Å². The lowest BCUT2D eigenvalue weighted by Crippen LogP contribution is -2.30. The van der Waals surface area contributed by atoms with Crippen molar-refractivity contribution >= 4 is 5.91 Å². The number of rotatable bonds is 4. The van der Waals surface area contributed by atoms with E-state index in [1.807, 2.05) is 0 Å². The number of nitrogens with one attached hydrogen (secondary N) is 1. The quantitative estimate of drug-likeness (QED) is 0.829. The molecule has 8 nitrogen and oxygen atoms in total. The Morgan fingerprint density at radius 3 is 3.04 bits per heavy atom. The van der Waals surface area contributed by atoms with Gasteiger partial charge in [0.2, 0.25) is 0 Å². The summed E-state index contributed by atoms with van der Waals surface area (Å²) in [6.07, 6.45) is 4.54. The molecular weight excluding hydrogens is 306 g/mol. The minimum atomic E-state index is -0.298. The van der Waals surface area contributed by atoms with E-state index in [-0.39, 0.29) is 17.5 Å². The monoisotopic (exact) mass is 321 g/mol. The van der Waals surface area contributed by atoms with Gasteiger partial charge >= 0.3 is 0 Å². The normalized spacial score (nSPS) is 16.4. The Kier molecular flexibility index (Phi) is 4.39. The average Bonchev–Trinajstić information content (AvgIpc) is 3.29. The highest BCUT2D eigenvalue weighted by Gasteiger charge is 2.22. The van der Waals surface area contributed by atoms with Gasteiger partial charge in [-0.15, -0.1) is 5.10 Å². The highest BCUT2D eigenvalue weighted by molar-refractivity contribution is 5.91. The number of nitrogens with zero attached hydrogens (tertiary/aromatic N) is 6.